The third-order valence-electron chi connectivity index (χ3n) is 5.14. The molecule has 4 aromatic rings. The summed E-state index contributed by atoms with van der Waals surface area (Å²) in [6, 6.07) is 37.8. The van der Waals surface area contributed by atoms with E-state index in [1.807, 2.05) is 121 Å². The molecule has 30 heavy (non-hydrogen) atoms. The maximum absolute atomic E-state index is 14.1. The van der Waals surface area contributed by atoms with Crippen molar-refractivity contribution in [2.75, 3.05) is 0 Å². The van der Waals surface area contributed by atoms with Crippen LogP contribution < -0.4 is 15.9 Å². The van der Waals surface area contributed by atoms with Crippen LogP contribution in [-0.2, 0) is 20.5 Å². The van der Waals surface area contributed by atoms with Crippen molar-refractivity contribution in [2.24, 2.45) is 0 Å². The Bertz CT molecular complexity index is 1080. The molecule has 0 bridgehead atoms. The van der Waals surface area contributed by atoms with Crippen molar-refractivity contribution in [3.05, 3.63) is 127 Å². The van der Waals surface area contributed by atoms with Gasteiger partial charge in [-0.15, -0.1) is 0 Å². The molecule has 5 heteroatoms. The topological polar surface area (TPSA) is 43.4 Å². The van der Waals surface area contributed by atoms with E-state index in [9.17, 15) is 8.42 Å². The molecule has 0 saturated carbocycles. The van der Waals surface area contributed by atoms with Crippen LogP contribution >= 0.6 is 6.46 Å². The van der Waals surface area contributed by atoms with Gasteiger partial charge < -0.3 is 0 Å². The summed E-state index contributed by atoms with van der Waals surface area (Å²) < 4.78 is 33.9. The normalized spacial score (nSPS) is 12.4. The SMILES string of the molecule is O=S(=O)(OCc1ccccc1)[PH](c1ccccc1)(c1ccccc1)c1ccccc1. The molecule has 0 N–H and O–H groups in total. The van der Waals surface area contributed by atoms with E-state index in [-0.39, 0.29) is 6.61 Å². The van der Waals surface area contributed by atoms with Crippen molar-refractivity contribution < 1.29 is 12.6 Å². The third-order valence-corrected chi connectivity index (χ3v) is 14.5. The standard InChI is InChI=1S/C25H23O3PS/c26-30(27,28-21-22-13-5-1-6-14-22)29(23-15-7-2-8-16-23,24-17-9-3-10-18-24)25-19-11-4-12-20-25/h1-20,29H,21H2. The summed E-state index contributed by atoms with van der Waals surface area (Å²) in [6.45, 7) is -3.55. The van der Waals surface area contributed by atoms with Gasteiger partial charge >= 0.3 is 178 Å². The number of benzene rings is 4. The van der Waals surface area contributed by atoms with Crippen LogP contribution in [0.2, 0.25) is 0 Å². The van der Waals surface area contributed by atoms with Crippen LogP contribution in [0.5, 0.6) is 0 Å². The van der Waals surface area contributed by atoms with Crippen LogP contribution in [-0.4, -0.2) is 8.42 Å². The van der Waals surface area contributed by atoms with E-state index in [1.54, 1.807) is 0 Å². The molecule has 4 rings (SSSR count). The molecule has 0 unspecified atom stereocenters. The van der Waals surface area contributed by atoms with Crippen LogP contribution in [0.25, 0.3) is 0 Å². The molecule has 0 aliphatic heterocycles. The van der Waals surface area contributed by atoms with Crippen molar-refractivity contribution in [3.63, 3.8) is 0 Å². The van der Waals surface area contributed by atoms with Gasteiger partial charge in [0.2, 0.25) is 0 Å². The van der Waals surface area contributed by atoms with Gasteiger partial charge in [0.25, 0.3) is 0 Å². The Morgan fingerprint density at radius 3 is 1.23 bits per heavy atom. The first-order valence-corrected chi connectivity index (χ1v) is 13.9. The van der Waals surface area contributed by atoms with E-state index in [0.717, 1.165) is 21.5 Å². The fraction of sp³-hybridized carbons (Fsp3) is 0.0400. The summed E-state index contributed by atoms with van der Waals surface area (Å²) in [5.74, 6) is 0. The van der Waals surface area contributed by atoms with E-state index in [4.69, 9.17) is 4.18 Å². The molecule has 0 spiro atoms. The summed E-state index contributed by atoms with van der Waals surface area (Å²) in [4.78, 5) is 0. The van der Waals surface area contributed by atoms with Crippen LogP contribution in [0.3, 0.4) is 0 Å². The zero-order valence-corrected chi connectivity index (χ0v) is 18.2. The van der Waals surface area contributed by atoms with Gasteiger partial charge in [-0.05, 0) is 0 Å². The van der Waals surface area contributed by atoms with Crippen molar-refractivity contribution >= 4 is 32.1 Å². The van der Waals surface area contributed by atoms with Crippen molar-refractivity contribution in [3.8, 4) is 0 Å². The van der Waals surface area contributed by atoms with Crippen molar-refractivity contribution in [2.45, 2.75) is 6.61 Å². The first-order valence-electron chi connectivity index (χ1n) is 9.74. The summed E-state index contributed by atoms with van der Waals surface area (Å²) in [5, 5.41) is 2.32. The summed E-state index contributed by atoms with van der Waals surface area (Å²) >= 11 is 0. The van der Waals surface area contributed by atoms with Gasteiger partial charge in [-0.3, -0.25) is 0 Å². The Kier molecular flexibility index (Phi) is 6.10. The minimum atomic E-state index is -4.00. The van der Waals surface area contributed by atoms with E-state index >= 15 is 0 Å². The quantitative estimate of drug-likeness (QED) is 0.410. The molecule has 3 nitrogen and oxygen atoms in total. The zero-order chi connectivity index (χ0) is 20.9. The Hall–Kier alpha value is -2.78. The Morgan fingerprint density at radius 2 is 0.867 bits per heavy atom. The Morgan fingerprint density at radius 1 is 0.533 bits per heavy atom. The van der Waals surface area contributed by atoms with Crippen LogP contribution in [0.4, 0.5) is 0 Å². The van der Waals surface area contributed by atoms with Crippen molar-refractivity contribution in [1.29, 1.82) is 0 Å². The molecule has 0 aliphatic carbocycles. The van der Waals surface area contributed by atoms with Crippen LogP contribution in [0.15, 0.2) is 121 Å². The zero-order valence-electron chi connectivity index (χ0n) is 16.4. The first kappa shape index (κ1) is 20.5. The van der Waals surface area contributed by atoms with Gasteiger partial charge in [-0.2, -0.15) is 0 Å². The van der Waals surface area contributed by atoms with Gasteiger partial charge in [0.1, 0.15) is 0 Å². The molecule has 0 atom stereocenters. The number of rotatable bonds is 7. The predicted octanol–water partition coefficient (Wildman–Crippen LogP) is 4.17. The monoisotopic (exact) mass is 434 g/mol. The predicted molar refractivity (Wildman–Crippen MR) is 127 cm³/mol. The summed E-state index contributed by atoms with van der Waals surface area (Å²) in [5.41, 5.74) is 0.818. The average molecular weight is 434 g/mol. The minimum absolute atomic E-state index is 0.00439. The van der Waals surface area contributed by atoms with E-state index in [1.165, 1.54) is 0 Å². The molecule has 4 aromatic carbocycles. The van der Waals surface area contributed by atoms with Crippen molar-refractivity contribution in [1.82, 2.24) is 0 Å². The number of hydrogen-bond acceptors (Lipinski definition) is 3. The summed E-state index contributed by atoms with van der Waals surface area (Å²) in [6.07, 6.45) is 0. The molecule has 0 amide bonds. The molecule has 0 aromatic heterocycles. The number of hydrogen-bond donors (Lipinski definition) is 0. The molecular formula is C25H23O3PS. The molecular weight excluding hydrogens is 411 g/mol. The van der Waals surface area contributed by atoms with Gasteiger partial charge in [0.15, 0.2) is 0 Å². The molecule has 0 fully saturated rings. The van der Waals surface area contributed by atoms with Gasteiger partial charge in [0, 0.05) is 0 Å². The fourth-order valence-corrected chi connectivity index (χ4v) is 12.6. The maximum atomic E-state index is 14.1. The van der Waals surface area contributed by atoms with E-state index in [2.05, 4.69) is 0 Å². The molecule has 0 saturated heterocycles. The second-order valence-electron chi connectivity index (χ2n) is 6.98. The molecule has 152 valence electrons. The van der Waals surface area contributed by atoms with Crippen LogP contribution in [0, 0.1) is 0 Å². The Labute approximate surface area is 178 Å². The fourth-order valence-electron chi connectivity index (χ4n) is 3.76. The van der Waals surface area contributed by atoms with Gasteiger partial charge in [-0.1, -0.05) is 0 Å². The third kappa shape index (κ3) is 3.82. The molecule has 0 aliphatic rings. The van der Waals surface area contributed by atoms with Gasteiger partial charge in [0.05, 0.1) is 0 Å². The van der Waals surface area contributed by atoms with E-state index < -0.39 is 16.2 Å². The summed E-state index contributed by atoms with van der Waals surface area (Å²) in [7, 11) is -4.00. The second-order valence-corrected chi connectivity index (χ2v) is 14.6. The molecule has 0 radical (unpaired) electrons. The Balaban J connectivity index is 1.95. The van der Waals surface area contributed by atoms with Gasteiger partial charge in [-0.25, -0.2) is 0 Å². The molecule has 0 heterocycles. The van der Waals surface area contributed by atoms with E-state index in [0.29, 0.717) is 0 Å². The average Bonchev–Trinajstić information content (AvgIpc) is 2.81. The van der Waals surface area contributed by atoms with Crippen LogP contribution in [0.1, 0.15) is 5.56 Å². The first-order chi connectivity index (χ1) is 14.6. The second kappa shape index (κ2) is 8.93.